The SMILES string of the molecule is CCCCCCC/C=C\C/C=C\CCCCCCCCCCCCCCCCCCCC(=O)NC(COP(=O)([O-])OCC[N+](C)(C)C)C(O)/C=C/CCCCCCCCCCCCC. The summed E-state index contributed by atoms with van der Waals surface area (Å²) in [4.78, 5) is 25.4. The predicted octanol–water partition coefficient (Wildman–Crippen LogP) is 15.6. The topological polar surface area (TPSA) is 108 Å². The van der Waals surface area contributed by atoms with Gasteiger partial charge in [-0.15, -0.1) is 0 Å². The van der Waals surface area contributed by atoms with Crippen molar-refractivity contribution in [1.29, 1.82) is 0 Å². The van der Waals surface area contributed by atoms with Crippen LogP contribution in [0, 0.1) is 0 Å². The molecule has 0 fully saturated rings. The number of phosphoric ester groups is 1. The number of amides is 1. The van der Waals surface area contributed by atoms with Crippen LogP contribution in [0.1, 0.15) is 258 Å². The number of nitrogens with one attached hydrogen (secondary N) is 1. The molecule has 0 aliphatic rings. The maximum Gasteiger partial charge on any atom is 0.268 e. The van der Waals surface area contributed by atoms with Crippen molar-refractivity contribution < 1.29 is 32.9 Å². The molecule has 1 amide bonds. The average Bonchev–Trinajstić information content (AvgIpc) is 3.25. The summed E-state index contributed by atoms with van der Waals surface area (Å²) < 4.78 is 23.3. The molecule has 0 heterocycles. The van der Waals surface area contributed by atoms with Gasteiger partial charge in [-0.25, -0.2) is 0 Å². The lowest BCUT2D eigenvalue weighted by molar-refractivity contribution is -0.870. The first-order valence-electron chi connectivity index (χ1n) is 27.4. The van der Waals surface area contributed by atoms with Crippen LogP contribution in [0.2, 0.25) is 0 Å². The van der Waals surface area contributed by atoms with Crippen molar-refractivity contribution in [2.75, 3.05) is 40.9 Å². The summed E-state index contributed by atoms with van der Waals surface area (Å²) in [7, 11) is 1.27. The lowest BCUT2D eigenvalue weighted by Crippen LogP contribution is -2.45. The fourth-order valence-electron chi connectivity index (χ4n) is 8.01. The van der Waals surface area contributed by atoms with Crippen molar-refractivity contribution in [1.82, 2.24) is 5.32 Å². The first kappa shape index (κ1) is 62.7. The molecule has 64 heavy (non-hydrogen) atoms. The normalized spacial score (nSPS) is 14.3. The van der Waals surface area contributed by atoms with E-state index >= 15 is 0 Å². The van der Waals surface area contributed by atoms with Crippen LogP contribution in [0.5, 0.6) is 0 Å². The first-order chi connectivity index (χ1) is 31.0. The van der Waals surface area contributed by atoms with Crippen LogP contribution in [-0.4, -0.2) is 68.5 Å². The van der Waals surface area contributed by atoms with E-state index in [0.717, 1.165) is 44.9 Å². The summed E-state index contributed by atoms with van der Waals surface area (Å²) in [6.45, 7) is 4.65. The Morgan fingerprint density at radius 3 is 1.30 bits per heavy atom. The molecule has 2 N–H and O–H groups in total. The molecule has 0 radical (unpaired) electrons. The molecule has 0 aromatic rings. The van der Waals surface area contributed by atoms with Crippen LogP contribution in [0.3, 0.4) is 0 Å². The van der Waals surface area contributed by atoms with Crippen LogP contribution in [0.25, 0.3) is 0 Å². The van der Waals surface area contributed by atoms with Gasteiger partial charge in [0.15, 0.2) is 0 Å². The van der Waals surface area contributed by atoms with E-state index < -0.39 is 20.0 Å². The lowest BCUT2D eigenvalue weighted by Gasteiger charge is -2.29. The Kier molecular flexibility index (Phi) is 45.9. The Labute approximate surface area is 397 Å². The van der Waals surface area contributed by atoms with Crippen LogP contribution in [0.15, 0.2) is 36.5 Å². The second-order valence-electron chi connectivity index (χ2n) is 19.9. The maximum atomic E-state index is 12.9. The molecule has 9 heteroatoms. The number of unbranched alkanes of at least 4 members (excludes halogenated alkanes) is 33. The van der Waals surface area contributed by atoms with E-state index in [0.29, 0.717) is 17.4 Å². The molecule has 0 aromatic carbocycles. The number of allylic oxidation sites excluding steroid dienone is 5. The molecule has 8 nitrogen and oxygen atoms in total. The summed E-state index contributed by atoms with van der Waals surface area (Å²) >= 11 is 0. The zero-order valence-electron chi connectivity index (χ0n) is 43.0. The Balaban J connectivity index is 4.09. The second-order valence-corrected chi connectivity index (χ2v) is 21.3. The number of hydrogen-bond acceptors (Lipinski definition) is 6. The number of rotatable bonds is 50. The van der Waals surface area contributed by atoms with Gasteiger partial charge in [0.05, 0.1) is 39.9 Å². The van der Waals surface area contributed by atoms with Gasteiger partial charge >= 0.3 is 0 Å². The van der Waals surface area contributed by atoms with Crippen molar-refractivity contribution >= 4 is 13.7 Å². The Hall–Kier alpha value is -1.28. The molecular formula is C55H107N2O6P. The molecule has 0 aromatic heterocycles. The number of aliphatic hydroxyl groups is 1. The van der Waals surface area contributed by atoms with E-state index in [1.54, 1.807) is 6.08 Å². The highest BCUT2D eigenvalue weighted by Gasteiger charge is 2.23. The summed E-state index contributed by atoms with van der Waals surface area (Å²) in [5, 5.41) is 13.8. The van der Waals surface area contributed by atoms with Gasteiger partial charge in [0.1, 0.15) is 13.2 Å². The second kappa shape index (κ2) is 46.8. The smallest absolute Gasteiger partial charge is 0.268 e. The standard InChI is InChI=1S/C55H107N2O6P/c1-6-8-10-12-14-16-18-20-21-22-23-24-25-26-27-28-29-30-31-32-33-34-35-37-39-41-43-45-47-49-55(59)56-53(52-63-64(60,61)62-51-50-57(3,4)5)54(58)48-46-44-42-40-38-36-19-17-15-13-11-9-7-2/h18,20,22-23,46,48,53-54,58H,6-17,19,21,24-45,47,49-52H2,1-5H3,(H-,56,59,60,61)/b20-18-,23-22-,48-46+. The number of phosphoric acid groups is 1. The van der Waals surface area contributed by atoms with Crippen LogP contribution < -0.4 is 10.2 Å². The van der Waals surface area contributed by atoms with Crippen molar-refractivity contribution in [2.24, 2.45) is 0 Å². The van der Waals surface area contributed by atoms with Gasteiger partial charge in [-0.2, -0.15) is 0 Å². The average molecular weight is 923 g/mol. The highest BCUT2D eigenvalue weighted by atomic mass is 31.2. The third kappa shape index (κ3) is 48.6. The number of nitrogens with zero attached hydrogens (tertiary/aromatic N) is 1. The number of hydrogen-bond donors (Lipinski definition) is 2. The fraction of sp³-hybridized carbons (Fsp3) is 0.873. The summed E-state index contributed by atoms with van der Waals surface area (Å²) in [5.41, 5.74) is 0. The van der Waals surface area contributed by atoms with Crippen molar-refractivity contribution in [3.05, 3.63) is 36.5 Å². The van der Waals surface area contributed by atoms with Crippen molar-refractivity contribution in [3.63, 3.8) is 0 Å². The number of likely N-dealkylation sites (N-methyl/N-ethyl adjacent to an activating group) is 1. The maximum absolute atomic E-state index is 12.9. The largest absolute Gasteiger partial charge is 0.756 e. The van der Waals surface area contributed by atoms with Crippen LogP contribution in [-0.2, 0) is 18.4 Å². The quantitative estimate of drug-likeness (QED) is 0.0272. The van der Waals surface area contributed by atoms with E-state index in [2.05, 4.69) is 43.5 Å². The van der Waals surface area contributed by atoms with Gasteiger partial charge in [0, 0.05) is 6.42 Å². The van der Waals surface area contributed by atoms with Gasteiger partial charge in [-0.1, -0.05) is 237 Å². The van der Waals surface area contributed by atoms with E-state index in [-0.39, 0.29) is 19.1 Å². The summed E-state index contributed by atoms with van der Waals surface area (Å²) in [6, 6.07) is -0.884. The minimum absolute atomic E-state index is 0.000127. The fourth-order valence-corrected chi connectivity index (χ4v) is 8.73. The highest BCUT2D eigenvalue weighted by Crippen LogP contribution is 2.38. The molecule has 0 spiro atoms. The zero-order valence-corrected chi connectivity index (χ0v) is 43.9. The first-order valence-corrected chi connectivity index (χ1v) is 28.8. The van der Waals surface area contributed by atoms with Crippen LogP contribution in [0.4, 0.5) is 0 Å². The molecular weight excluding hydrogens is 816 g/mol. The lowest BCUT2D eigenvalue weighted by atomic mass is 10.0. The predicted molar refractivity (Wildman–Crippen MR) is 275 cm³/mol. The van der Waals surface area contributed by atoms with E-state index in [1.807, 2.05) is 27.2 Å². The van der Waals surface area contributed by atoms with Crippen LogP contribution >= 0.6 is 7.82 Å². The molecule has 0 saturated carbocycles. The van der Waals surface area contributed by atoms with Gasteiger partial charge in [0.25, 0.3) is 7.82 Å². The summed E-state index contributed by atoms with van der Waals surface area (Å²) in [6.07, 6.45) is 59.3. The number of quaternary nitrogens is 1. The molecule has 3 unspecified atom stereocenters. The van der Waals surface area contributed by atoms with E-state index in [4.69, 9.17) is 9.05 Å². The minimum atomic E-state index is -4.59. The van der Waals surface area contributed by atoms with E-state index in [1.165, 1.54) is 193 Å². The molecule has 0 rings (SSSR count). The zero-order chi connectivity index (χ0) is 47.1. The molecule has 0 aliphatic heterocycles. The number of aliphatic hydroxyl groups excluding tert-OH is 1. The molecule has 378 valence electrons. The summed E-state index contributed by atoms with van der Waals surface area (Å²) in [5.74, 6) is -0.195. The van der Waals surface area contributed by atoms with Crippen molar-refractivity contribution in [3.8, 4) is 0 Å². The number of carbonyl (C=O) groups is 1. The van der Waals surface area contributed by atoms with Gasteiger partial charge in [0.2, 0.25) is 5.91 Å². The molecule has 0 bridgehead atoms. The molecule has 0 saturated heterocycles. The monoisotopic (exact) mass is 923 g/mol. The number of carbonyl (C=O) groups excluding carboxylic acids is 1. The third-order valence-electron chi connectivity index (χ3n) is 12.3. The van der Waals surface area contributed by atoms with Gasteiger partial charge in [-0.3, -0.25) is 9.36 Å². The van der Waals surface area contributed by atoms with Gasteiger partial charge in [-0.05, 0) is 51.4 Å². The van der Waals surface area contributed by atoms with Gasteiger partial charge < -0.3 is 28.8 Å². The molecule has 3 atom stereocenters. The Bertz CT molecular complexity index is 1140. The van der Waals surface area contributed by atoms with Crippen molar-refractivity contribution in [2.45, 2.75) is 270 Å². The highest BCUT2D eigenvalue weighted by molar-refractivity contribution is 7.45. The Morgan fingerprint density at radius 2 is 0.906 bits per heavy atom. The van der Waals surface area contributed by atoms with E-state index in [9.17, 15) is 19.4 Å². The Morgan fingerprint density at radius 1 is 0.547 bits per heavy atom. The molecule has 0 aliphatic carbocycles. The minimum Gasteiger partial charge on any atom is -0.756 e. The third-order valence-corrected chi connectivity index (χ3v) is 13.3.